The van der Waals surface area contributed by atoms with Gasteiger partial charge < -0.3 is 14.2 Å². The Kier molecular flexibility index (Phi) is 57.4. The highest BCUT2D eigenvalue weighted by Crippen LogP contribution is 2.14. The van der Waals surface area contributed by atoms with Crippen LogP contribution >= 0.6 is 0 Å². The first kappa shape index (κ1) is 69.5. The van der Waals surface area contributed by atoms with Gasteiger partial charge in [0.15, 0.2) is 6.10 Å². The van der Waals surface area contributed by atoms with Gasteiger partial charge >= 0.3 is 17.9 Å². The zero-order chi connectivity index (χ0) is 53.6. The molecule has 6 nitrogen and oxygen atoms in total. The van der Waals surface area contributed by atoms with Gasteiger partial charge in [0.05, 0.1) is 0 Å². The third-order valence-electron chi connectivity index (χ3n) is 12.4. The maximum atomic E-state index is 12.9. The second kappa shape index (κ2) is 61.1. The number of esters is 3. The molecule has 0 N–H and O–H groups in total. The third kappa shape index (κ3) is 58.4. The molecule has 1 atom stereocenters. The zero-order valence-corrected chi connectivity index (χ0v) is 47.8. The maximum absolute atomic E-state index is 12.9. The van der Waals surface area contributed by atoms with Gasteiger partial charge in [0.2, 0.25) is 0 Å². The van der Waals surface area contributed by atoms with Gasteiger partial charge in [0.25, 0.3) is 0 Å². The highest BCUT2D eigenvalue weighted by atomic mass is 16.6. The lowest BCUT2D eigenvalue weighted by atomic mass is 10.1. The normalized spacial score (nSPS) is 13.1. The molecule has 0 bridgehead atoms. The lowest BCUT2D eigenvalue weighted by molar-refractivity contribution is -0.166. The summed E-state index contributed by atoms with van der Waals surface area (Å²) in [6.07, 6.45) is 86.0. The van der Waals surface area contributed by atoms with E-state index in [9.17, 15) is 14.4 Å². The molecule has 0 aromatic heterocycles. The number of rotatable bonds is 53. The Morgan fingerprint density at radius 1 is 0.284 bits per heavy atom. The van der Waals surface area contributed by atoms with Gasteiger partial charge in [-0.1, -0.05) is 251 Å². The van der Waals surface area contributed by atoms with Crippen LogP contribution < -0.4 is 0 Å². The Balaban J connectivity index is 4.55. The average Bonchev–Trinajstić information content (AvgIpc) is 3.40. The summed E-state index contributed by atoms with van der Waals surface area (Å²) in [5, 5.41) is 0. The molecule has 0 spiro atoms. The molecule has 0 saturated heterocycles. The fourth-order valence-electron chi connectivity index (χ4n) is 7.92. The van der Waals surface area contributed by atoms with E-state index in [0.29, 0.717) is 19.3 Å². The molecule has 6 heteroatoms. The molecule has 0 aliphatic heterocycles. The first-order chi connectivity index (χ1) is 36.5. The van der Waals surface area contributed by atoms with E-state index in [1.807, 2.05) is 6.08 Å². The van der Waals surface area contributed by atoms with Gasteiger partial charge in [-0.15, -0.1) is 0 Å². The molecular formula is C68H110O6. The van der Waals surface area contributed by atoms with Crippen LogP contribution in [0.2, 0.25) is 0 Å². The lowest BCUT2D eigenvalue weighted by Gasteiger charge is -2.18. The second-order valence-corrected chi connectivity index (χ2v) is 19.5. The van der Waals surface area contributed by atoms with Crippen molar-refractivity contribution in [2.75, 3.05) is 13.2 Å². The number of allylic oxidation sites excluding steroid dienone is 22. The van der Waals surface area contributed by atoms with Crippen molar-refractivity contribution >= 4 is 17.9 Å². The molecule has 0 rings (SSSR count). The topological polar surface area (TPSA) is 78.9 Å². The molecule has 418 valence electrons. The van der Waals surface area contributed by atoms with E-state index in [1.54, 1.807) is 0 Å². The molecule has 0 heterocycles. The van der Waals surface area contributed by atoms with Crippen molar-refractivity contribution in [2.45, 2.75) is 264 Å². The molecule has 0 saturated carbocycles. The number of carbonyl (C=O) groups is 3. The number of hydrogen-bond donors (Lipinski definition) is 0. The predicted octanol–water partition coefficient (Wildman–Crippen LogP) is 20.6. The van der Waals surface area contributed by atoms with Crippen LogP contribution in [0.15, 0.2) is 134 Å². The van der Waals surface area contributed by atoms with Gasteiger partial charge in [0, 0.05) is 19.3 Å². The molecule has 0 aromatic carbocycles. The highest BCUT2D eigenvalue weighted by Gasteiger charge is 2.19. The zero-order valence-electron chi connectivity index (χ0n) is 47.8. The fourth-order valence-corrected chi connectivity index (χ4v) is 7.92. The van der Waals surface area contributed by atoms with Crippen molar-refractivity contribution in [2.24, 2.45) is 0 Å². The van der Waals surface area contributed by atoms with Crippen LogP contribution in [-0.2, 0) is 28.6 Å². The molecule has 0 amide bonds. The molecule has 74 heavy (non-hydrogen) atoms. The van der Waals surface area contributed by atoms with E-state index in [-0.39, 0.29) is 37.5 Å². The first-order valence-electron chi connectivity index (χ1n) is 30.2. The van der Waals surface area contributed by atoms with E-state index in [1.165, 1.54) is 96.3 Å². The van der Waals surface area contributed by atoms with E-state index >= 15 is 0 Å². The van der Waals surface area contributed by atoms with Crippen LogP contribution in [0, 0.1) is 0 Å². The first-order valence-corrected chi connectivity index (χ1v) is 30.2. The van der Waals surface area contributed by atoms with Gasteiger partial charge in [0.1, 0.15) is 13.2 Å². The third-order valence-corrected chi connectivity index (χ3v) is 12.4. The largest absolute Gasteiger partial charge is 0.462 e. The summed E-state index contributed by atoms with van der Waals surface area (Å²) < 4.78 is 16.8. The van der Waals surface area contributed by atoms with Gasteiger partial charge in [-0.25, -0.2) is 0 Å². The van der Waals surface area contributed by atoms with E-state index < -0.39 is 6.10 Å². The van der Waals surface area contributed by atoms with Gasteiger partial charge in [-0.2, -0.15) is 0 Å². The molecular weight excluding hydrogens is 913 g/mol. The molecule has 1 unspecified atom stereocenters. The minimum Gasteiger partial charge on any atom is -0.462 e. The Labute approximate surface area is 455 Å². The van der Waals surface area contributed by atoms with E-state index in [4.69, 9.17) is 14.2 Å². The Morgan fingerprint density at radius 3 is 0.919 bits per heavy atom. The molecule has 0 aromatic rings. The summed E-state index contributed by atoms with van der Waals surface area (Å²) >= 11 is 0. The number of carbonyl (C=O) groups excluding carboxylic acids is 3. The summed E-state index contributed by atoms with van der Waals surface area (Å²) in [6.45, 7) is 6.33. The van der Waals surface area contributed by atoms with Crippen LogP contribution in [0.4, 0.5) is 0 Å². The molecule has 0 aliphatic carbocycles. The van der Waals surface area contributed by atoms with Crippen molar-refractivity contribution in [3.63, 3.8) is 0 Å². The summed E-state index contributed by atoms with van der Waals surface area (Å²) in [7, 11) is 0. The Bertz CT molecular complexity index is 1600. The van der Waals surface area contributed by atoms with Crippen LogP contribution in [0.3, 0.4) is 0 Å². The quantitative estimate of drug-likeness (QED) is 0.0261. The summed E-state index contributed by atoms with van der Waals surface area (Å²) in [4.78, 5) is 38.2. The standard InChI is InChI=1S/C68H110O6/c1-4-7-10-13-16-19-22-25-28-31-34-37-40-43-46-49-52-55-58-61-67(70)73-64-65(63-72-66(69)60-57-54-51-48-45-42-39-36-33-30-27-24-21-18-15-12-9-6-3)74-68(71)62-59-56-53-50-47-44-41-38-35-32-29-26-23-20-17-14-11-8-5-2/h7-8,10-11,16-17,19-20,25-26,28-30,33-35,37-38,43,46,52,55,65H,4-6,9,12-15,18,21-24,27,31-32,36,39-42,44-45,47-51,53-54,56-64H2,1-3H3/b10-7-,11-8-,19-16-,20-17-,28-25-,29-26-,33-30-,37-34-,38-35-,46-43-,55-52-. The highest BCUT2D eigenvalue weighted by molar-refractivity contribution is 5.71. The second-order valence-electron chi connectivity index (χ2n) is 19.5. The summed E-state index contributed by atoms with van der Waals surface area (Å²) in [6, 6.07) is 0. The van der Waals surface area contributed by atoms with Crippen molar-refractivity contribution in [3.8, 4) is 0 Å². The van der Waals surface area contributed by atoms with Crippen LogP contribution in [0.1, 0.15) is 258 Å². The smallest absolute Gasteiger partial charge is 0.306 e. The number of ether oxygens (including phenoxy) is 3. The fraction of sp³-hybridized carbons (Fsp3) is 0.632. The maximum Gasteiger partial charge on any atom is 0.306 e. The van der Waals surface area contributed by atoms with Gasteiger partial charge in [-0.05, 0) is 122 Å². The van der Waals surface area contributed by atoms with E-state index in [2.05, 4.69) is 148 Å². The van der Waals surface area contributed by atoms with Crippen molar-refractivity contribution < 1.29 is 28.6 Å². The van der Waals surface area contributed by atoms with Crippen LogP contribution in [0.25, 0.3) is 0 Å². The van der Waals surface area contributed by atoms with Crippen molar-refractivity contribution in [1.29, 1.82) is 0 Å². The predicted molar refractivity (Wildman–Crippen MR) is 320 cm³/mol. The van der Waals surface area contributed by atoms with Crippen LogP contribution in [0.5, 0.6) is 0 Å². The molecule has 0 fully saturated rings. The Morgan fingerprint density at radius 2 is 0.554 bits per heavy atom. The monoisotopic (exact) mass is 1020 g/mol. The number of unbranched alkanes of at least 4 members (excludes halogenated alkanes) is 20. The SMILES string of the molecule is CC/C=C\C/C=C\C/C=C\C/C=C\C/C=C\C/C=C\CCC(=O)OCC(COC(=O)CCCCCCCCC/C=C\CCCCCCCCC)OC(=O)CCCCCCCC/C=C\C/C=C\C/C=C\C/C=C\CC. The number of hydrogen-bond acceptors (Lipinski definition) is 6. The van der Waals surface area contributed by atoms with Crippen LogP contribution in [-0.4, -0.2) is 37.2 Å². The van der Waals surface area contributed by atoms with Crippen molar-refractivity contribution in [3.05, 3.63) is 134 Å². The minimum atomic E-state index is -0.824. The minimum absolute atomic E-state index is 0.113. The molecule has 0 radical (unpaired) electrons. The lowest BCUT2D eigenvalue weighted by Crippen LogP contribution is -2.30. The average molecular weight is 1020 g/mol. The Hall–Kier alpha value is -4.45. The van der Waals surface area contributed by atoms with Crippen molar-refractivity contribution in [1.82, 2.24) is 0 Å². The molecule has 0 aliphatic rings. The van der Waals surface area contributed by atoms with E-state index in [0.717, 1.165) is 116 Å². The summed E-state index contributed by atoms with van der Waals surface area (Å²) in [5.74, 6) is -1.02. The summed E-state index contributed by atoms with van der Waals surface area (Å²) in [5.41, 5.74) is 0. The van der Waals surface area contributed by atoms with Gasteiger partial charge in [-0.3, -0.25) is 14.4 Å².